The monoisotopic (exact) mass is 238 g/mol. The van der Waals surface area contributed by atoms with Gasteiger partial charge in [-0.1, -0.05) is 30.8 Å². The van der Waals surface area contributed by atoms with Gasteiger partial charge in [0.05, 0.1) is 5.69 Å². The van der Waals surface area contributed by atoms with Crippen molar-refractivity contribution in [2.45, 2.75) is 20.0 Å². The number of hydrogen-bond donors (Lipinski definition) is 3. The van der Waals surface area contributed by atoms with Gasteiger partial charge in [0.15, 0.2) is 5.17 Å². The maximum Gasteiger partial charge on any atom is 0.159 e. The van der Waals surface area contributed by atoms with E-state index in [0.717, 1.165) is 22.6 Å². The molecule has 0 aromatic heterocycles. The van der Waals surface area contributed by atoms with E-state index >= 15 is 0 Å². The Balaban J connectivity index is 3.08. The lowest BCUT2D eigenvalue weighted by Gasteiger charge is -2.09. The Morgan fingerprint density at radius 1 is 1.31 bits per heavy atom. The SMILES string of the molecule is CCSC(N)=Nc1cccc(CN)c1CN. The first kappa shape index (κ1) is 13.0. The number of aliphatic imine (C=N–C) groups is 1. The molecule has 5 heteroatoms. The molecule has 16 heavy (non-hydrogen) atoms. The van der Waals surface area contributed by atoms with Crippen molar-refractivity contribution >= 4 is 22.6 Å². The van der Waals surface area contributed by atoms with Gasteiger partial charge in [0.25, 0.3) is 0 Å². The lowest BCUT2D eigenvalue weighted by atomic mass is 10.1. The lowest BCUT2D eigenvalue weighted by Crippen LogP contribution is -2.09. The summed E-state index contributed by atoms with van der Waals surface area (Å²) in [5, 5.41) is 0.561. The molecular formula is C11H18N4S. The summed E-state index contributed by atoms with van der Waals surface area (Å²) < 4.78 is 0. The van der Waals surface area contributed by atoms with Gasteiger partial charge in [-0.05, 0) is 22.9 Å². The van der Waals surface area contributed by atoms with E-state index < -0.39 is 0 Å². The molecule has 1 aromatic rings. The number of hydrogen-bond acceptors (Lipinski definition) is 4. The third-order valence-electron chi connectivity index (χ3n) is 2.20. The molecule has 0 fully saturated rings. The summed E-state index contributed by atoms with van der Waals surface area (Å²) in [5.41, 5.74) is 19.9. The van der Waals surface area contributed by atoms with E-state index in [0.29, 0.717) is 18.3 Å². The summed E-state index contributed by atoms with van der Waals surface area (Å²) in [7, 11) is 0. The van der Waals surface area contributed by atoms with Crippen LogP contribution < -0.4 is 17.2 Å². The molecule has 0 saturated heterocycles. The van der Waals surface area contributed by atoms with Crippen LogP contribution in [0.15, 0.2) is 23.2 Å². The maximum absolute atomic E-state index is 5.77. The molecule has 0 aliphatic rings. The highest BCUT2D eigenvalue weighted by atomic mass is 32.2. The quantitative estimate of drug-likeness (QED) is 0.545. The summed E-state index contributed by atoms with van der Waals surface area (Å²) in [6.45, 7) is 2.93. The van der Waals surface area contributed by atoms with Crippen molar-refractivity contribution in [1.82, 2.24) is 0 Å². The maximum atomic E-state index is 5.77. The zero-order chi connectivity index (χ0) is 12.0. The molecule has 0 bridgehead atoms. The highest BCUT2D eigenvalue weighted by molar-refractivity contribution is 8.13. The van der Waals surface area contributed by atoms with Crippen LogP contribution in [0.2, 0.25) is 0 Å². The number of benzene rings is 1. The summed E-state index contributed by atoms with van der Waals surface area (Å²) in [4.78, 5) is 4.35. The van der Waals surface area contributed by atoms with Crippen LogP contribution in [0, 0.1) is 0 Å². The average Bonchev–Trinajstić information content (AvgIpc) is 2.29. The van der Waals surface area contributed by atoms with E-state index in [1.54, 1.807) is 0 Å². The van der Waals surface area contributed by atoms with Crippen LogP contribution in [0.1, 0.15) is 18.1 Å². The highest BCUT2D eigenvalue weighted by Gasteiger charge is 2.05. The number of amidine groups is 1. The molecule has 1 rings (SSSR count). The first-order chi connectivity index (χ1) is 7.72. The number of nitrogens with zero attached hydrogens (tertiary/aromatic N) is 1. The molecule has 0 heterocycles. The predicted octanol–water partition coefficient (Wildman–Crippen LogP) is 1.30. The van der Waals surface area contributed by atoms with Crippen molar-refractivity contribution < 1.29 is 0 Å². The first-order valence-electron chi connectivity index (χ1n) is 5.20. The predicted molar refractivity (Wildman–Crippen MR) is 71.6 cm³/mol. The van der Waals surface area contributed by atoms with Gasteiger partial charge in [-0.2, -0.15) is 0 Å². The van der Waals surface area contributed by atoms with Crippen LogP contribution in [0.25, 0.3) is 0 Å². The molecule has 0 aliphatic heterocycles. The van der Waals surface area contributed by atoms with E-state index in [1.807, 2.05) is 25.1 Å². The van der Waals surface area contributed by atoms with E-state index in [4.69, 9.17) is 17.2 Å². The van der Waals surface area contributed by atoms with Crippen LogP contribution in [0.3, 0.4) is 0 Å². The molecule has 0 saturated carbocycles. The van der Waals surface area contributed by atoms with Gasteiger partial charge in [-0.25, -0.2) is 4.99 Å². The Bertz CT molecular complexity index is 376. The molecule has 0 unspecified atom stereocenters. The Morgan fingerprint density at radius 2 is 2.06 bits per heavy atom. The van der Waals surface area contributed by atoms with E-state index in [9.17, 15) is 0 Å². The van der Waals surface area contributed by atoms with Crippen molar-refractivity contribution in [2.75, 3.05) is 5.75 Å². The second kappa shape index (κ2) is 6.52. The molecule has 6 N–H and O–H groups in total. The zero-order valence-electron chi connectivity index (χ0n) is 9.44. The smallest absolute Gasteiger partial charge is 0.159 e. The minimum atomic E-state index is 0.427. The summed E-state index contributed by atoms with van der Waals surface area (Å²) in [6.07, 6.45) is 0. The van der Waals surface area contributed by atoms with E-state index in [2.05, 4.69) is 4.99 Å². The fourth-order valence-electron chi connectivity index (χ4n) is 1.45. The lowest BCUT2D eigenvalue weighted by molar-refractivity contribution is 0.978. The van der Waals surface area contributed by atoms with Gasteiger partial charge in [0.1, 0.15) is 0 Å². The molecule has 0 atom stereocenters. The molecule has 0 amide bonds. The Kier molecular flexibility index (Phi) is 5.31. The summed E-state index contributed by atoms with van der Waals surface area (Å²) in [6, 6.07) is 5.79. The average molecular weight is 238 g/mol. The Labute approximate surface area is 100 Å². The van der Waals surface area contributed by atoms with Gasteiger partial charge in [0.2, 0.25) is 0 Å². The minimum Gasteiger partial charge on any atom is -0.378 e. The van der Waals surface area contributed by atoms with E-state index in [-0.39, 0.29) is 0 Å². The number of rotatable bonds is 4. The molecule has 0 radical (unpaired) electrons. The van der Waals surface area contributed by atoms with Crippen LogP contribution >= 0.6 is 11.8 Å². The van der Waals surface area contributed by atoms with Crippen molar-refractivity contribution in [3.63, 3.8) is 0 Å². The third-order valence-corrected chi connectivity index (χ3v) is 2.87. The second-order valence-corrected chi connectivity index (χ2v) is 4.49. The molecule has 0 aliphatic carbocycles. The number of nitrogens with two attached hydrogens (primary N) is 3. The fourth-order valence-corrected chi connectivity index (χ4v) is 1.91. The Morgan fingerprint density at radius 3 is 2.62 bits per heavy atom. The standard InChI is InChI=1S/C11H18N4S/c1-2-16-11(14)15-10-5-3-4-8(6-12)9(10)7-13/h3-5H,2,6-7,12-13H2,1H3,(H2,14,15). The minimum absolute atomic E-state index is 0.427. The summed E-state index contributed by atoms with van der Waals surface area (Å²) >= 11 is 1.51. The van der Waals surface area contributed by atoms with Crippen LogP contribution in [0.5, 0.6) is 0 Å². The number of thioether (sulfide) groups is 1. The molecule has 4 nitrogen and oxygen atoms in total. The van der Waals surface area contributed by atoms with Gasteiger partial charge in [-0.3, -0.25) is 0 Å². The Hall–Kier alpha value is -1.04. The van der Waals surface area contributed by atoms with Crippen molar-refractivity contribution in [3.8, 4) is 0 Å². The van der Waals surface area contributed by atoms with E-state index in [1.165, 1.54) is 11.8 Å². The van der Waals surface area contributed by atoms with Crippen LogP contribution in [0.4, 0.5) is 5.69 Å². The highest BCUT2D eigenvalue weighted by Crippen LogP contribution is 2.23. The first-order valence-corrected chi connectivity index (χ1v) is 6.19. The molecule has 1 aromatic carbocycles. The molecular weight excluding hydrogens is 220 g/mol. The van der Waals surface area contributed by atoms with Crippen molar-refractivity contribution in [2.24, 2.45) is 22.2 Å². The zero-order valence-corrected chi connectivity index (χ0v) is 10.3. The third kappa shape index (κ3) is 3.23. The normalized spacial score (nSPS) is 11.8. The van der Waals surface area contributed by atoms with Gasteiger partial charge < -0.3 is 17.2 Å². The second-order valence-electron chi connectivity index (χ2n) is 3.21. The van der Waals surface area contributed by atoms with Gasteiger partial charge in [0, 0.05) is 13.1 Å². The molecule has 88 valence electrons. The fraction of sp³-hybridized carbons (Fsp3) is 0.364. The molecule has 0 spiro atoms. The van der Waals surface area contributed by atoms with Crippen molar-refractivity contribution in [3.05, 3.63) is 29.3 Å². The van der Waals surface area contributed by atoms with Crippen LogP contribution in [-0.4, -0.2) is 10.9 Å². The van der Waals surface area contributed by atoms with Crippen molar-refractivity contribution in [1.29, 1.82) is 0 Å². The topological polar surface area (TPSA) is 90.4 Å². The van der Waals surface area contributed by atoms with Gasteiger partial charge in [-0.15, -0.1) is 0 Å². The van der Waals surface area contributed by atoms with Crippen LogP contribution in [-0.2, 0) is 13.1 Å². The van der Waals surface area contributed by atoms with Gasteiger partial charge >= 0.3 is 0 Å². The largest absolute Gasteiger partial charge is 0.378 e. The summed E-state index contributed by atoms with van der Waals surface area (Å²) in [5.74, 6) is 0.907.